The lowest BCUT2D eigenvalue weighted by Gasteiger charge is -2.22. The zero-order chi connectivity index (χ0) is 20.7. The van der Waals surface area contributed by atoms with Gasteiger partial charge in [0.2, 0.25) is 5.91 Å². The Labute approximate surface area is 164 Å². The third-order valence-corrected chi connectivity index (χ3v) is 4.36. The minimum atomic E-state index is -0.446. The third kappa shape index (κ3) is 5.79. The fraction of sp³-hybridized carbons (Fsp3) is 0.333. The molecule has 0 atom stereocenters. The monoisotopic (exact) mass is 387 g/mol. The van der Waals surface area contributed by atoms with Crippen LogP contribution in [0.25, 0.3) is 0 Å². The molecule has 0 saturated carbocycles. The zero-order valence-corrected chi connectivity index (χ0v) is 16.7. The van der Waals surface area contributed by atoms with Gasteiger partial charge in [-0.15, -0.1) is 0 Å². The first kappa shape index (κ1) is 21.4. The van der Waals surface area contributed by atoms with E-state index in [1.807, 2.05) is 24.1 Å². The lowest BCUT2D eigenvalue weighted by atomic mass is 10.1. The molecule has 0 spiro atoms. The van der Waals surface area contributed by atoms with E-state index in [4.69, 9.17) is 4.74 Å². The summed E-state index contributed by atoms with van der Waals surface area (Å²) < 4.78 is 18.7. The molecule has 2 aromatic rings. The average Bonchev–Trinajstić information content (AvgIpc) is 2.68. The van der Waals surface area contributed by atoms with Gasteiger partial charge in [0, 0.05) is 32.7 Å². The molecule has 0 heterocycles. The summed E-state index contributed by atoms with van der Waals surface area (Å²) in [7, 11) is 6.55. The summed E-state index contributed by atoms with van der Waals surface area (Å²) in [6.07, 6.45) is 0. The Balaban J connectivity index is 1.88. The molecule has 2 rings (SSSR count). The Bertz CT molecular complexity index is 824. The van der Waals surface area contributed by atoms with Gasteiger partial charge < -0.3 is 15.0 Å². The Morgan fingerprint density at radius 1 is 1.04 bits per heavy atom. The number of rotatable bonds is 8. The molecule has 0 radical (unpaired) electrons. The Morgan fingerprint density at radius 2 is 1.68 bits per heavy atom. The lowest BCUT2D eigenvalue weighted by molar-refractivity contribution is -0.131. The van der Waals surface area contributed by atoms with E-state index in [1.54, 1.807) is 43.3 Å². The number of hydrogen-bond donors (Lipinski definition) is 1. The number of amides is 2. The van der Waals surface area contributed by atoms with Gasteiger partial charge in [0.25, 0.3) is 5.91 Å². The molecule has 6 nitrogen and oxygen atoms in total. The SMILES string of the molecule is CNC(=O)c1ccc(CN(C)CC(=O)N(C)Cc2ccc(OC)c(F)c2)cc1. The topological polar surface area (TPSA) is 61.9 Å². The molecule has 0 unspecified atom stereocenters. The van der Waals surface area contributed by atoms with E-state index in [9.17, 15) is 14.0 Å². The molecular formula is C21H26FN3O3. The Morgan fingerprint density at radius 3 is 2.25 bits per heavy atom. The predicted molar refractivity (Wildman–Crippen MR) is 106 cm³/mol. The van der Waals surface area contributed by atoms with Crippen LogP contribution in [0.15, 0.2) is 42.5 Å². The van der Waals surface area contributed by atoms with E-state index in [0.717, 1.165) is 5.56 Å². The van der Waals surface area contributed by atoms with Crippen molar-refractivity contribution in [1.82, 2.24) is 15.1 Å². The third-order valence-electron chi connectivity index (χ3n) is 4.36. The van der Waals surface area contributed by atoms with Crippen LogP contribution in [0.2, 0.25) is 0 Å². The number of carbonyl (C=O) groups excluding carboxylic acids is 2. The summed E-state index contributed by atoms with van der Waals surface area (Å²) in [6, 6.07) is 11.9. The van der Waals surface area contributed by atoms with Crippen molar-refractivity contribution in [3.05, 3.63) is 65.0 Å². The molecule has 28 heavy (non-hydrogen) atoms. The van der Waals surface area contributed by atoms with Gasteiger partial charge in [0.1, 0.15) is 0 Å². The molecule has 0 saturated heterocycles. The fourth-order valence-electron chi connectivity index (χ4n) is 2.80. The minimum absolute atomic E-state index is 0.0688. The van der Waals surface area contributed by atoms with Gasteiger partial charge in [-0.3, -0.25) is 14.5 Å². The number of nitrogens with zero attached hydrogens (tertiary/aromatic N) is 2. The molecule has 0 aliphatic heterocycles. The maximum Gasteiger partial charge on any atom is 0.251 e. The second-order valence-corrected chi connectivity index (χ2v) is 6.67. The quantitative estimate of drug-likeness (QED) is 0.755. The largest absolute Gasteiger partial charge is 0.494 e. The highest BCUT2D eigenvalue weighted by molar-refractivity contribution is 5.93. The van der Waals surface area contributed by atoms with Gasteiger partial charge in [0.05, 0.1) is 13.7 Å². The number of nitrogens with one attached hydrogen (secondary N) is 1. The van der Waals surface area contributed by atoms with Crippen LogP contribution < -0.4 is 10.1 Å². The van der Waals surface area contributed by atoms with E-state index in [-0.39, 0.29) is 24.1 Å². The fourth-order valence-corrected chi connectivity index (χ4v) is 2.80. The summed E-state index contributed by atoms with van der Waals surface area (Å²) in [5, 5.41) is 2.58. The standard InChI is InChI=1S/C21H26FN3O3/c1-23-21(27)17-8-5-15(6-9-17)12-24(2)14-20(26)25(3)13-16-7-10-19(28-4)18(22)11-16/h5-11H,12-14H2,1-4H3,(H,23,27). The first-order valence-corrected chi connectivity index (χ1v) is 8.90. The van der Waals surface area contributed by atoms with Crippen LogP contribution in [0.3, 0.4) is 0 Å². The number of methoxy groups -OCH3 is 1. The maximum absolute atomic E-state index is 13.8. The Hall–Kier alpha value is -2.93. The molecule has 0 aliphatic carbocycles. The van der Waals surface area contributed by atoms with Crippen molar-refractivity contribution >= 4 is 11.8 Å². The van der Waals surface area contributed by atoms with Gasteiger partial charge in [0.15, 0.2) is 11.6 Å². The van der Waals surface area contributed by atoms with E-state index < -0.39 is 5.82 Å². The van der Waals surface area contributed by atoms with Crippen molar-refractivity contribution in [1.29, 1.82) is 0 Å². The molecule has 2 amide bonds. The molecule has 0 fully saturated rings. The summed E-state index contributed by atoms with van der Waals surface area (Å²) in [5.74, 6) is -0.467. The van der Waals surface area contributed by atoms with Gasteiger partial charge in [-0.1, -0.05) is 18.2 Å². The molecule has 0 bridgehead atoms. The zero-order valence-electron chi connectivity index (χ0n) is 16.7. The second-order valence-electron chi connectivity index (χ2n) is 6.67. The average molecular weight is 387 g/mol. The van der Waals surface area contributed by atoms with E-state index in [0.29, 0.717) is 24.2 Å². The van der Waals surface area contributed by atoms with Crippen molar-refractivity contribution in [3.8, 4) is 5.75 Å². The van der Waals surface area contributed by atoms with Gasteiger partial charge >= 0.3 is 0 Å². The summed E-state index contributed by atoms with van der Waals surface area (Å²) in [5.41, 5.74) is 2.29. The number of likely N-dealkylation sites (N-methyl/N-ethyl adjacent to an activating group) is 2. The van der Waals surface area contributed by atoms with Crippen molar-refractivity contribution in [2.45, 2.75) is 13.1 Å². The molecule has 7 heteroatoms. The smallest absolute Gasteiger partial charge is 0.251 e. The highest BCUT2D eigenvalue weighted by Gasteiger charge is 2.14. The Kier molecular flexibility index (Phi) is 7.52. The van der Waals surface area contributed by atoms with Crippen LogP contribution in [0, 0.1) is 5.82 Å². The second kappa shape index (κ2) is 9.85. The highest BCUT2D eigenvalue weighted by atomic mass is 19.1. The molecule has 150 valence electrons. The van der Waals surface area contributed by atoms with Crippen molar-refractivity contribution < 1.29 is 18.7 Å². The van der Waals surface area contributed by atoms with Crippen molar-refractivity contribution in [2.75, 3.05) is 34.8 Å². The molecule has 1 N–H and O–H groups in total. The van der Waals surface area contributed by atoms with Crippen LogP contribution in [0.4, 0.5) is 4.39 Å². The van der Waals surface area contributed by atoms with Gasteiger partial charge in [-0.2, -0.15) is 0 Å². The lowest BCUT2D eigenvalue weighted by Crippen LogP contribution is -2.36. The van der Waals surface area contributed by atoms with Crippen LogP contribution in [0.1, 0.15) is 21.5 Å². The van der Waals surface area contributed by atoms with E-state index >= 15 is 0 Å². The number of ether oxygens (including phenoxy) is 1. The van der Waals surface area contributed by atoms with Crippen molar-refractivity contribution in [3.63, 3.8) is 0 Å². The van der Waals surface area contributed by atoms with Crippen LogP contribution in [0.5, 0.6) is 5.75 Å². The maximum atomic E-state index is 13.8. The summed E-state index contributed by atoms with van der Waals surface area (Å²) in [6.45, 7) is 1.12. The minimum Gasteiger partial charge on any atom is -0.494 e. The first-order valence-electron chi connectivity index (χ1n) is 8.90. The van der Waals surface area contributed by atoms with E-state index in [1.165, 1.54) is 13.2 Å². The molecule has 0 aromatic heterocycles. The predicted octanol–water partition coefficient (Wildman–Crippen LogP) is 2.28. The number of halogens is 1. The van der Waals surface area contributed by atoms with Gasteiger partial charge in [-0.25, -0.2) is 4.39 Å². The number of carbonyl (C=O) groups is 2. The first-order chi connectivity index (χ1) is 13.3. The van der Waals surface area contributed by atoms with Crippen molar-refractivity contribution in [2.24, 2.45) is 0 Å². The molecule has 0 aliphatic rings. The van der Waals surface area contributed by atoms with Gasteiger partial charge in [-0.05, 0) is 42.4 Å². The van der Waals surface area contributed by atoms with Crippen LogP contribution in [-0.4, -0.2) is 56.4 Å². The number of hydrogen-bond acceptors (Lipinski definition) is 4. The van der Waals surface area contributed by atoms with E-state index in [2.05, 4.69) is 5.32 Å². The molecular weight excluding hydrogens is 361 g/mol. The normalized spacial score (nSPS) is 10.6. The van der Waals surface area contributed by atoms with Crippen LogP contribution in [-0.2, 0) is 17.9 Å². The summed E-state index contributed by atoms with van der Waals surface area (Å²) >= 11 is 0. The highest BCUT2D eigenvalue weighted by Crippen LogP contribution is 2.18. The summed E-state index contributed by atoms with van der Waals surface area (Å²) in [4.78, 5) is 27.5. The number of benzene rings is 2. The van der Waals surface area contributed by atoms with Crippen LogP contribution >= 0.6 is 0 Å². The molecule has 2 aromatic carbocycles.